The van der Waals surface area contributed by atoms with Crippen molar-refractivity contribution in [3.8, 4) is 0 Å². The summed E-state index contributed by atoms with van der Waals surface area (Å²) in [6.07, 6.45) is 0. The molecule has 0 N–H and O–H groups in total. The van der Waals surface area contributed by atoms with E-state index in [0.717, 1.165) is 0 Å². The second kappa shape index (κ2) is 3.94. The van der Waals surface area contributed by atoms with E-state index in [9.17, 15) is 0 Å². The van der Waals surface area contributed by atoms with Gasteiger partial charge in [0.05, 0.1) is 0 Å². The minimum atomic E-state index is -2.24. The van der Waals surface area contributed by atoms with Crippen molar-refractivity contribution < 1.29 is 12.3 Å². The maximum Gasteiger partial charge on any atom is 0.349 e. The molecule has 0 aromatic rings. The van der Waals surface area contributed by atoms with E-state index < -0.39 is 25.7 Å². The van der Waals surface area contributed by atoms with E-state index in [4.69, 9.17) is 12.3 Å². The second-order valence-electron chi connectivity index (χ2n) is 5.19. The van der Waals surface area contributed by atoms with Crippen LogP contribution in [0.3, 0.4) is 0 Å². The minimum absolute atomic E-state index is 0.387. The van der Waals surface area contributed by atoms with E-state index >= 15 is 0 Å². The van der Waals surface area contributed by atoms with Crippen LogP contribution in [0.4, 0.5) is 0 Å². The van der Waals surface area contributed by atoms with Crippen LogP contribution in [0.1, 0.15) is 13.8 Å². The van der Waals surface area contributed by atoms with Crippen LogP contribution < -0.4 is 0 Å². The first-order valence-electron chi connectivity index (χ1n) is 5.37. The van der Waals surface area contributed by atoms with E-state index in [-0.39, 0.29) is 0 Å². The van der Waals surface area contributed by atoms with Crippen LogP contribution in [0.5, 0.6) is 0 Å². The van der Waals surface area contributed by atoms with Crippen molar-refractivity contribution in [2.75, 3.05) is 0 Å². The fourth-order valence-corrected chi connectivity index (χ4v) is 17.5. The Bertz CT molecular complexity index is 247. The van der Waals surface area contributed by atoms with Crippen molar-refractivity contribution in [2.45, 2.75) is 45.6 Å². The van der Waals surface area contributed by atoms with Gasteiger partial charge in [-0.1, -0.05) is 19.5 Å². The average molecular weight is 263 g/mol. The van der Waals surface area contributed by atoms with Gasteiger partial charge in [-0.2, -0.15) is 0 Å². The van der Waals surface area contributed by atoms with Crippen LogP contribution in [0.15, 0.2) is 12.3 Å². The highest BCUT2D eigenvalue weighted by atomic mass is 28.5. The Balaban J connectivity index is 3.05. The number of hydrogen-bond donors (Lipinski definition) is 0. The van der Waals surface area contributed by atoms with Gasteiger partial charge in [-0.3, -0.25) is 0 Å². The Morgan fingerprint density at radius 1 is 0.933 bits per heavy atom. The average Bonchev–Trinajstić information content (AvgIpc) is 1.97. The first-order valence-corrected chi connectivity index (χ1v) is 13.0. The van der Waals surface area contributed by atoms with Gasteiger partial charge in [-0.15, -0.1) is 6.58 Å². The summed E-state index contributed by atoms with van der Waals surface area (Å²) in [7, 11) is -6.28. The lowest BCUT2D eigenvalue weighted by Gasteiger charge is -2.49. The van der Waals surface area contributed by atoms with E-state index in [1.165, 1.54) is 0 Å². The number of hydrogen-bond acceptors (Lipinski definition) is 3. The molecule has 0 saturated carbocycles. The van der Waals surface area contributed by atoms with E-state index in [1.807, 2.05) is 5.70 Å². The van der Waals surface area contributed by atoms with Crippen LogP contribution in [0.25, 0.3) is 0 Å². The minimum Gasteiger partial charge on any atom is -0.416 e. The highest BCUT2D eigenvalue weighted by Gasteiger charge is 2.55. The van der Waals surface area contributed by atoms with Crippen molar-refractivity contribution in [1.29, 1.82) is 0 Å². The van der Waals surface area contributed by atoms with Crippen LogP contribution in [-0.4, -0.2) is 25.7 Å². The Morgan fingerprint density at radius 2 is 1.33 bits per heavy atom. The molecular weight excluding hydrogens is 240 g/mol. The van der Waals surface area contributed by atoms with E-state index in [0.29, 0.717) is 5.54 Å². The molecule has 1 fully saturated rings. The second-order valence-corrected chi connectivity index (χ2v) is 16.2. The van der Waals surface area contributed by atoms with Crippen LogP contribution >= 0.6 is 0 Å². The van der Waals surface area contributed by atoms with Gasteiger partial charge in [0.1, 0.15) is 0 Å². The molecule has 6 heteroatoms. The molecule has 0 bridgehead atoms. The predicted molar refractivity (Wildman–Crippen MR) is 69.3 cm³/mol. The Hall–Kier alpha value is 0.271. The predicted octanol–water partition coefficient (Wildman–Crippen LogP) is 3.03. The van der Waals surface area contributed by atoms with Crippen molar-refractivity contribution in [1.82, 2.24) is 0 Å². The van der Waals surface area contributed by atoms with Gasteiger partial charge in [0.2, 0.25) is 0 Å². The molecular formula is C9H22O3Si3. The lowest BCUT2D eigenvalue weighted by atomic mass is 10.6. The van der Waals surface area contributed by atoms with Crippen LogP contribution in [0.2, 0.25) is 31.7 Å². The molecule has 1 heterocycles. The SMILES string of the molecule is C=C[Si]1(C(C)C)O[Si](C)(C)O[Si](C)(C)O1. The molecule has 0 aliphatic carbocycles. The van der Waals surface area contributed by atoms with Crippen molar-refractivity contribution in [3.63, 3.8) is 0 Å². The topological polar surface area (TPSA) is 27.7 Å². The fraction of sp³-hybridized carbons (Fsp3) is 0.778. The largest absolute Gasteiger partial charge is 0.416 e. The first-order chi connectivity index (χ1) is 6.63. The Labute approximate surface area is 96.2 Å². The molecule has 88 valence electrons. The standard InChI is InChI=1S/C9H22O3Si3/c1-8-15(9(2)3)11-13(4,5)10-14(6,7)12-15/h8-9H,1H2,2-7H3. The highest BCUT2D eigenvalue weighted by Crippen LogP contribution is 2.37. The van der Waals surface area contributed by atoms with Gasteiger partial charge in [-0.05, 0) is 31.7 Å². The summed E-state index contributed by atoms with van der Waals surface area (Å²) < 4.78 is 18.3. The molecule has 0 atom stereocenters. The zero-order chi connectivity index (χ0) is 11.9. The van der Waals surface area contributed by atoms with Gasteiger partial charge < -0.3 is 12.3 Å². The van der Waals surface area contributed by atoms with Crippen LogP contribution in [-0.2, 0) is 12.3 Å². The molecule has 1 aliphatic heterocycles. The molecule has 0 aromatic heterocycles. The van der Waals surface area contributed by atoms with Crippen molar-refractivity contribution in [2.24, 2.45) is 0 Å². The monoisotopic (exact) mass is 262 g/mol. The Morgan fingerprint density at radius 3 is 1.60 bits per heavy atom. The maximum atomic E-state index is 6.16. The maximum absolute atomic E-state index is 6.16. The zero-order valence-corrected chi connectivity index (χ0v) is 13.6. The summed E-state index contributed by atoms with van der Waals surface area (Å²) in [4.78, 5) is 0. The summed E-state index contributed by atoms with van der Waals surface area (Å²) >= 11 is 0. The zero-order valence-electron chi connectivity index (χ0n) is 10.6. The molecule has 0 radical (unpaired) electrons. The van der Waals surface area contributed by atoms with E-state index in [2.05, 4.69) is 46.6 Å². The first kappa shape index (κ1) is 13.3. The normalized spacial score (nSPS) is 27.7. The third-order valence-corrected chi connectivity index (χ3v) is 15.0. The van der Waals surface area contributed by atoms with Gasteiger partial charge in [-0.25, -0.2) is 0 Å². The summed E-state index contributed by atoms with van der Waals surface area (Å²) in [6, 6.07) is 0. The van der Waals surface area contributed by atoms with Crippen LogP contribution in [0, 0.1) is 0 Å². The molecule has 0 spiro atoms. The molecule has 1 rings (SSSR count). The van der Waals surface area contributed by atoms with E-state index in [1.54, 1.807) is 0 Å². The van der Waals surface area contributed by atoms with Crippen molar-refractivity contribution >= 4 is 25.7 Å². The van der Waals surface area contributed by atoms with Gasteiger partial charge in [0, 0.05) is 0 Å². The Kier molecular flexibility index (Phi) is 3.50. The highest BCUT2D eigenvalue weighted by molar-refractivity contribution is 6.95. The molecule has 1 saturated heterocycles. The molecule has 0 unspecified atom stereocenters. The number of rotatable bonds is 2. The lowest BCUT2D eigenvalue weighted by molar-refractivity contribution is 0.230. The summed E-state index contributed by atoms with van der Waals surface area (Å²) in [5.74, 6) is 0. The summed E-state index contributed by atoms with van der Waals surface area (Å²) in [5.41, 5.74) is 2.31. The van der Waals surface area contributed by atoms with Gasteiger partial charge in [0.25, 0.3) is 0 Å². The molecule has 0 aromatic carbocycles. The van der Waals surface area contributed by atoms with Gasteiger partial charge >= 0.3 is 25.7 Å². The molecule has 15 heavy (non-hydrogen) atoms. The van der Waals surface area contributed by atoms with Gasteiger partial charge in [0.15, 0.2) is 0 Å². The molecule has 1 aliphatic rings. The lowest BCUT2D eigenvalue weighted by Crippen LogP contribution is -2.67. The fourth-order valence-electron chi connectivity index (χ4n) is 1.98. The summed E-state index contributed by atoms with van der Waals surface area (Å²) in [6.45, 7) is 16.6. The van der Waals surface area contributed by atoms with Crippen molar-refractivity contribution in [3.05, 3.63) is 12.3 Å². The molecule has 3 nitrogen and oxygen atoms in total. The molecule has 0 amide bonds. The smallest absolute Gasteiger partial charge is 0.349 e. The third-order valence-electron chi connectivity index (χ3n) is 2.39. The summed E-state index contributed by atoms with van der Waals surface area (Å²) in [5, 5.41) is 0. The quantitative estimate of drug-likeness (QED) is 0.716. The third kappa shape index (κ3) is 2.89.